The maximum Gasteiger partial charge on any atom is 0.354 e. The lowest BCUT2D eigenvalue weighted by Crippen LogP contribution is -2.42. The molecule has 0 radical (unpaired) electrons. The maximum atomic E-state index is 12.8. The third kappa shape index (κ3) is 4.79. The third-order valence-corrected chi connectivity index (χ3v) is 6.15. The van der Waals surface area contributed by atoms with Crippen molar-refractivity contribution in [1.82, 2.24) is 9.47 Å². The highest BCUT2D eigenvalue weighted by Crippen LogP contribution is 2.29. The Labute approximate surface area is 173 Å². The molecule has 29 heavy (non-hydrogen) atoms. The lowest BCUT2D eigenvalue weighted by molar-refractivity contribution is -0.384. The molecule has 0 N–H and O–H groups in total. The molecule has 9 heteroatoms. The van der Waals surface area contributed by atoms with Crippen molar-refractivity contribution < 1.29 is 19.2 Å². The summed E-state index contributed by atoms with van der Waals surface area (Å²) >= 11 is 1.39. The van der Waals surface area contributed by atoms with Crippen LogP contribution in [0.5, 0.6) is 0 Å². The number of hydrogen-bond acceptors (Lipinski definition) is 6. The highest BCUT2D eigenvalue weighted by atomic mass is 32.2. The van der Waals surface area contributed by atoms with Crippen molar-refractivity contribution in [2.75, 3.05) is 20.2 Å². The summed E-state index contributed by atoms with van der Waals surface area (Å²) in [6.07, 6.45) is 3.40. The molecule has 1 unspecified atom stereocenters. The first-order chi connectivity index (χ1) is 13.9. The average molecular weight is 417 g/mol. The number of likely N-dealkylation sites (tertiary alicyclic amines) is 1. The molecule has 0 bridgehead atoms. The van der Waals surface area contributed by atoms with E-state index in [-0.39, 0.29) is 28.9 Å². The number of rotatable bonds is 6. The van der Waals surface area contributed by atoms with E-state index >= 15 is 0 Å². The second-order valence-corrected chi connectivity index (χ2v) is 8.27. The van der Waals surface area contributed by atoms with Crippen molar-refractivity contribution in [2.24, 2.45) is 0 Å². The molecule has 2 aromatic rings. The van der Waals surface area contributed by atoms with Crippen LogP contribution >= 0.6 is 11.8 Å². The van der Waals surface area contributed by atoms with Crippen LogP contribution in [0.2, 0.25) is 0 Å². The van der Waals surface area contributed by atoms with Crippen LogP contribution in [0, 0.1) is 10.1 Å². The number of hydrogen-bond donors (Lipinski definition) is 0. The molecule has 3 rings (SSSR count). The molecule has 1 fully saturated rings. The quantitative estimate of drug-likeness (QED) is 0.309. The molecule has 8 nitrogen and oxygen atoms in total. The van der Waals surface area contributed by atoms with Crippen LogP contribution in [0.15, 0.2) is 47.5 Å². The van der Waals surface area contributed by atoms with Crippen LogP contribution in [-0.4, -0.2) is 51.7 Å². The molecule has 1 aliphatic rings. The van der Waals surface area contributed by atoms with Gasteiger partial charge in [0.15, 0.2) is 0 Å². The van der Waals surface area contributed by atoms with Gasteiger partial charge in [0.2, 0.25) is 5.91 Å². The number of thioether (sulfide) groups is 1. The lowest BCUT2D eigenvalue weighted by Gasteiger charge is -2.34. The minimum absolute atomic E-state index is 0.0340. The maximum absolute atomic E-state index is 12.8. The molecule has 1 amide bonds. The zero-order valence-corrected chi connectivity index (χ0v) is 17.1. The van der Waals surface area contributed by atoms with Crippen LogP contribution in [0.3, 0.4) is 0 Å². The zero-order chi connectivity index (χ0) is 21.0. The van der Waals surface area contributed by atoms with Gasteiger partial charge in [0, 0.05) is 42.4 Å². The Morgan fingerprint density at radius 3 is 2.45 bits per heavy atom. The molecule has 1 atom stereocenters. The van der Waals surface area contributed by atoms with Gasteiger partial charge in [-0.25, -0.2) is 4.79 Å². The average Bonchev–Trinajstić information content (AvgIpc) is 3.23. The Morgan fingerprint density at radius 1 is 1.21 bits per heavy atom. The van der Waals surface area contributed by atoms with Gasteiger partial charge in [0.1, 0.15) is 5.69 Å². The molecular formula is C20H23N3O5S. The Bertz CT molecular complexity index is 888. The molecule has 0 saturated carbocycles. The fourth-order valence-electron chi connectivity index (χ4n) is 3.51. The van der Waals surface area contributed by atoms with Crippen LogP contribution in [0.1, 0.15) is 36.3 Å². The van der Waals surface area contributed by atoms with Gasteiger partial charge in [0.05, 0.1) is 17.3 Å². The summed E-state index contributed by atoms with van der Waals surface area (Å²) in [5, 5.41) is 10.5. The van der Waals surface area contributed by atoms with Gasteiger partial charge in [-0.2, -0.15) is 0 Å². The summed E-state index contributed by atoms with van der Waals surface area (Å²) in [7, 11) is 1.37. The molecule has 154 valence electrons. The molecule has 0 spiro atoms. The number of methoxy groups -OCH3 is 1. The van der Waals surface area contributed by atoms with Crippen molar-refractivity contribution in [2.45, 2.75) is 36.0 Å². The van der Waals surface area contributed by atoms with E-state index < -0.39 is 4.92 Å². The van der Waals surface area contributed by atoms with E-state index in [1.54, 1.807) is 18.2 Å². The number of nitrogens with zero attached hydrogens (tertiary/aromatic N) is 3. The number of ether oxygens (including phenoxy) is 1. The van der Waals surface area contributed by atoms with E-state index in [9.17, 15) is 19.7 Å². The normalized spacial score (nSPS) is 15.7. The molecule has 1 saturated heterocycles. The molecule has 1 aromatic carbocycles. The fourth-order valence-corrected chi connectivity index (χ4v) is 4.46. The van der Waals surface area contributed by atoms with Gasteiger partial charge in [-0.3, -0.25) is 14.9 Å². The van der Waals surface area contributed by atoms with Crippen molar-refractivity contribution in [1.29, 1.82) is 0 Å². The van der Waals surface area contributed by atoms with Gasteiger partial charge >= 0.3 is 5.97 Å². The third-order valence-electron chi connectivity index (χ3n) is 5.05. The predicted molar refractivity (Wildman–Crippen MR) is 109 cm³/mol. The number of amides is 1. The van der Waals surface area contributed by atoms with E-state index in [0.29, 0.717) is 18.8 Å². The largest absolute Gasteiger partial charge is 0.464 e. The molecule has 0 aliphatic carbocycles. The van der Waals surface area contributed by atoms with Crippen molar-refractivity contribution in [3.8, 4) is 0 Å². The van der Waals surface area contributed by atoms with Gasteiger partial charge in [-0.05, 0) is 44.0 Å². The lowest BCUT2D eigenvalue weighted by atomic mass is 10.0. The van der Waals surface area contributed by atoms with Gasteiger partial charge in [-0.1, -0.05) is 0 Å². The van der Waals surface area contributed by atoms with E-state index in [2.05, 4.69) is 0 Å². The van der Waals surface area contributed by atoms with Gasteiger partial charge in [0.25, 0.3) is 5.69 Å². The van der Waals surface area contributed by atoms with Crippen LogP contribution < -0.4 is 0 Å². The first-order valence-electron chi connectivity index (χ1n) is 9.35. The van der Waals surface area contributed by atoms with Gasteiger partial charge < -0.3 is 14.2 Å². The molecule has 2 heterocycles. The summed E-state index contributed by atoms with van der Waals surface area (Å²) in [4.78, 5) is 37.7. The first kappa shape index (κ1) is 20.9. The van der Waals surface area contributed by atoms with E-state index in [4.69, 9.17) is 4.74 Å². The number of nitro benzene ring substituents is 1. The summed E-state index contributed by atoms with van der Waals surface area (Å²) in [6.45, 7) is 3.09. The Balaban J connectivity index is 1.56. The molecule has 1 aliphatic heterocycles. The first-order valence-corrected chi connectivity index (χ1v) is 10.2. The van der Waals surface area contributed by atoms with Crippen molar-refractivity contribution in [3.63, 3.8) is 0 Å². The number of nitro groups is 1. The summed E-state index contributed by atoms with van der Waals surface area (Å²) < 4.78 is 6.76. The van der Waals surface area contributed by atoms with E-state index in [1.807, 2.05) is 28.7 Å². The van der Waals surface area contributed by atoms with E-state index in [1.165, 1.54) is 31.0 Å². The zero-order valence-electron chi connectivity index (χ0n) is 16.3. The summed E-state index contributed by atoms with van der Waals surface area (Å²) in [5.74, 6) is -0.311. The highest BCUT2D eigenvalue weighted by Gasteiger charge is 2.28. The number of non-ortho nitro benzene ring substituents is 1. The fraction of sp³-hybridized carbons (Fsp3) is 0.400. The minimum Gasteiger partial charge on any atom is -0.464 e. The monoisotopic (exact) mass is 417 g/mol. The number of esters is 1. The minimum atomic E-state index is -0.441. The van der Waals surface area contributed by atoms with Crippen LogP contribution in [0.4, 0.5) is 5.69 Å². The van der Waals surface area contributed by atoms with Crippen LogP contribution in [0.25, 0.3) is 0 Å². The Hall–Kier alpha value is -2.81. The number of carbonyl (C=O) groups excluding carboxylic acids is 2. The van der Waals surface area contributed by atoms with Crippen LogP contribution in [-0.2, 0) is 9.53 Å². The Morgan fingerprint density at radius 2 is 1.86 bits per heavy atom. The number of piperidine rings is 1. The Kier molecular flexibility index (Phi) is 6.58. The topological polar surface area (TPSA) is 94.7 Å². The second kappa shape index (κ2) is 9.13. The smallest absolute Gasteiger partial charge is 0.354 e. The second-order valence-electron chi connectivity index (χ2n) is 6.86. The SMILES string of the molecule is COC(=O)c1cccn1C1CCN(C(=O)C(C)Sc2ccc([N+](=O)[O-])cc2)CC1. The summed E-state index contributed by atoms with van der Waals surface area (Å²) in [5.41, 5.74) is 0.561. The molecular weight excluding hydrogens is 394 g/mol. The number of aromatic nitrogens is 1. The van der Waals surface area contributed by atoms with E-state index in [0.717, 1.165) is 17.7 Å². The summed E-state index contributed by atoms with van der Waals surface area (Å²) in [6, 6.07) is 9.94. The predicted octanol–water partition coefficient (Wildman–Crippen LogP) is 3.53. The van der Waals surface area contributed by atoms with Gasteiger partial charge in [-0.15, -0.1) is 11.8 Å². The molecule has 1 aromatic heterocycles. The number of benzene rings is 1. The standard InChI is InChI=1S/C20H23N3O5S/c1-14(29-17-7-5-16(6-8-17)23(26)27)19(24)21-12-9-15(10-13-21)22-11-3-4-18(22)20(25)28-2/h3-8,11,14-15H,9-10,12-13H2,1-2H3. The van der Waals surface area contributed by atoms with Crippen molar-refractivity contribution >= 4 is 29.3 Å². The number of carbonyl (C=O) groups is 2. The highest BCUT2D eigenvalue weighted by molar-refractivity contribution is 8.00. The van der Waals surface area contributed by atoms with Crippen molar-refractivity contribution in [3.05, 3.63) is 58.4 Å².